The van der Waals surface area contributed by atoms with E-state index >= 15 is 0 Å². The highest BCUT2D eigenvalue weighted by atomic mass is 15.2. The molecule has 5 nitrogen and oxygen atoms in total. The Morgan fingerprint density at radius 1 is 1.39 bits per heavy atom. The second-order valence-corrected chi connectivity index (χ2v) is 5.24. The molecule has 0 bridgehead atoms. The molecule has 1 unspecified atom stereocenters. The normalized spacial score (nSPS) is 18.2. The fourth-order valence-electron chi connectivity index (χ4n) is 2.51. The number of nitrogen functional groups attached to an aromatic ring is 1. The maximum absolute atomic E-state index is 5.65. The first-order chi connectivity index (χ1) is 8.66. The molecule has 1 fully saturated rings. The van der Waals surface area contributed by atoms with Crippen LogP contribution in [0.25, 0.3) is 0 Å². The third kappa shape index (κ3) is 3.32. The second kappa shape index (κ2) is 6.00. The number of anilines is 2. The Morgan fingerprint density at radius 2 is 2.11 bits per heavy atom. The van der Waals surface area contributed by atoms with Crippen LogP contribution in [-0.4, -0.2) is 40.5 Å². The van der Waals surface area contributed by atoms with E-state index in [9.17, 15) is 0 Å². The highest BCUT2D eigenvalue weighted by Crippen LogP contribution is 2.18. The number of rotatable bonds is 5. The summed E-state index contributed by atoms with van der Waals surface area (Å²) in [5.74, 6) is 1.76. The van der Waals surface area contributed by atoms with E-state index in [2.05, 4.69) is 34.0 Å². The summed E-state index contributed by atoms with van der Waals surface area (Å²) >= 11 is 0. The van der Waals surface area contributed by atoms with E-state index in [1.54, 1.807) is 12.3 Å². The van der Waals surface area contributed by atoms with Gasteiger partial charge in [-0.25, -0.2) is 4.98 Å². The molecule has 0 amide bonds. The van der Waals surface area contributed by atoms with Gasteiger partial charge in [0.25, 0.3) is 0 Å². The van der Waals surface area contributed by atoms with Crippen LogP contribution in [0.4, 0.5) is 11.8 Å². The molecule has 0 radical (unpaired) electrons. The number of aromatic nitrogens is 2. The van der Waals surface area contributed by atoms with Crippen molar-refractivity contribution in [3.8, 4) is 0 Å². The van der Waals surface area contributed by atoms with Crippen molar-refractivity contribution >= 4 is 11.8 Å². The molecule has 1 aliphatic heterocycles. The monoisotopic (exact) mass is 249 g/mol. The largest absolute Gasteiger partial charge is 0.384 e. The number of hydrogen-bond acceptors (Lipinski definition) is 5. The summed E-state index contributed by atoms with van der Waals surface area (Å²) < 4.78 is 0. The van der Waals surface area contributed by atoms with Gasteiger partial charge < -0.3 is 11.1 Å². The summed E-state index contributed by atoms with van der Waals surface area (Å²) in [4.78, 5) is 10.9. The van der Waals surface area contributed by atoms with E-state index in [4.69, 9.17) is 5.73 Å². The molecule has 100 valence electrons. The third-order valence-electron chi connectivity index (χ3n) is 3.53. The van der Waals surface area contributed by atoms with Crippen molar-refractivity contribution in [3.63, 3.8) is 0 Å². The molecule has 5 heteroatoms. The van der Waals surface area contributed by atoms with Crippen molar-refractivity contribution in [2.45, 2.75) is 32.7 Å². The molecule has 18 heavy (non-hydrogen) atoms. The number of hydrogen-bond donors (Lipinski definition) is 2. The van der Waals surface area contributed by atoms with Gasteiger partial charge in [-0.15, -0.1) is 0 Å². The molecule has 0 aromatic carbocycles. The van der Waals surface area contributed by atoms with E-state index in [0.29, 0.717) is 23.7 Å². The van der Waals surface area contributed by atoms with Gasteiger partial charge >= 0.3 is 0 Å². The maximum Gasteiger partial charge on any atom is 0.224 e. The van der Waals surface area contributed by atoms with Crippen LogP contribution in [0, 0.1) is 5.92 Å². The maximum atomic E-state index is 5.65. The average Bonchev–Trinajstić information content (AvgIpc) is 2.82. The standard InChI is InChI=1S/C13H23N5/c1-10(2)11(18-7-3-4-8-18)9-16-13-15-6-5-12(14)17-13/h5-6,10-11H,3-4,7-9H2,1-2H3,(H3,14,15,16,17). The molecule has 0 saturated carbocycles. The predicted octanol–water partition coefficient (Wildman–Crippen LogP) is 1.59. The van der Waals surface area contributed by atoms with E-state index in [1.165, 1.54) is 25.9 Å². The summed E-state index contributed by atoms with van der Waals surface area (Å²) in [5.41, 5.74) is 5.65. The van der Waals surface area contributed by atoms with Gasteiger partial charge in [-0.3, -0.25) is 4.90 Å². The Morgan fingerprint density at radius 3 is 2.72 bits per heavy atom. The molecular weight excluding hydrogens is 226 g/mol. The predicted molar refractivity (Wildman–Crippen MR) is 74.4 cm³/mol. The lowest BCUT2D eigenvalue weighted by Crippen LogP contribution is -2.42. The Bertz CT molecular complexity index is 373. The third-order valence-corrected chi connectivity index (χ3v) is 3.53. The van der Waals surface area contributed by atoms with Crippen molar-refractivity contribution in [2.75, 3.05) is 30.7 Å². The van der Waals surface area contributed by atoms with Gasteiger partial charge in [0.15, 0.2) is 0 Å². The first-order valence-electron chi connectivity index (χ1n) is 6.73. The molecule has 1 aromatic rings. The summed E-state index contributed by atoms with van der Waals surface area (Å²) in [6, 6.07) is 2.24. The van der Waals surface area contributed by atoms with Crippen LogP contribution in [0.2, 0.25) is 0 Å². The minimum Gasteiger partial charge on any atom is -0.384 e. The fourth-order valence-corrected chi connectivity index (χ4v) is 2.51. The fraction of sp³-hybridized carbons (Fsp3) is 0.692. The molecule has 1 aromatic heterocycles. The van der Waals surface area contributed by atoms with Crippen LogP contribution < -0.4 is 11.1 Å². The van der Waals surface area contributed by atoms with E-state index in [0.717, 1.165) is 6.54 Å². The molecule has 2 rings (SSSR count). The quantitative estimate of drug-likeness (QED) is 0.829. The van der Waals surface area contributed by atoms with Crippen LogP contribution >= 0.6 is 0 Å². The Balaban J connectivity index is 1.93. The summed E-state index contributed by atoms with van der Waals surface area (Å²) in [5, 5.41) is 3.30. The number of nitrogens with one attached hydrogen (secondary N) is 1. The summed E-state index contributed by atoms with van der Waals surface area (Å²) in [7, 11) is 0. The molecule has 1 saturated heterocycles. The van der Waals surface area contributed by atoms with Crippen LogP contribution in [0.3, 0.4) is 0 Å². The van der Waals surface area contributed by atoms with Crippen LogP contribution in [0.5, 0.6) is 0 Å². The van der Waals surface area contributed by atoms with Crippen molar-refractivity contribution < 1.29 is 0 Å². The first-order valence-corrected chi connectivity index (χ1v) is 6.73. The van der Waals surface area contributed by atoms with E-state index in [-0.39, 0.29) is 0 Å². The van der Waals surface area contributed by atoms with Gasteiger partial charge in [0.05, 0.1) is 0 Å². The van der Waals surface area contributed by atoms with Gasteiger partial charge in [0.2, 0.25) is 5.95 Å². The average molecular weight is 249 g/mol. The lowest BCUT2D eigenvalue weighted by molar-refractivity contribution is 0.201. The zero-order valence-electron chi connectivity index (χ0n) is 11.3. The minimum atomic E-state index is 0.509. The van der Waals surface area contributed by atoms with Gasteiger partial charge in [0.1, 0.15) is 5.82 Å². The first kappa shape index (κ1) is 13.1. The highest BCUT2D eigenvalue weighted by molar-refractivity contribution is 5.35. The van der Waals surface area contributed by atoms with E-state index < -0.39 is 0 Å². The minimum absolute atomic E-state index is 0.509. The number of likely N-dealkylation sites (tertiary alicyclic amines) is 1. The van der Waals surface area contributed by atoms with Crippen molar-refractivity contribution in [1.29, 1.82) is 0 Å². The number of nitrogens with two attached hydrogens (primary N) is 1. The Labute approximate surface area is 109 Å². The molecule has 1 atom stereocenters. The Kier molecular flexibility index (Phi) is 4.36. The molecule has 2 heterocycles. The van der Waals surface area contributed by atoms with Crippen molar-refractivity contribution in [3.05, 3.63) is 12.3 Å². The lowest BCUT2D eigenvalue weighted by Gasteiger charge is -2.30. The van der Waals surface area contributed by atoms with Crippen molar-refractivity contribution in [1.82, 2.24) is 14.9 Å². The highest BCUT2D eigenvalue weighted by Gasteiger charge is 2.24. The van der Waals surface area contributed by atoms with Crippen LogP contribution in [0.15, 0.2) is 12.3 Å². The van der Waals surface area contributed by atoms with Gasteiger partial charge in [0, 0.05) is 18.8 Å². The van der Waals surface area contributed by atoms with Crippen molar-refractivity contribution in [2.24, 2.45) is 5.92 Å². The van der Waals surface area contributed by atoms with E-state index in [1.807, 2.05) is 0 Å². The molecule has 0 spiro atoms. The lowest BCUT2D eigenvalue weighted by atomic mass is 10.0. The topological polar surface area (TPSA) is 67.1 Å². The smallest absolute Gasteiger partial charge is 0.224 e. The van der Waals surface area contributed by atoms with Gasteiger partial charge in [-0.05, 0) is 37.9 Å². The zero-order valence-corrected chi connectivity index (χ0v) is 11.3. The van der Waals surface area contributed by atoms with Gasteiger partial charge in [-0.1, -0.05) is 13.8 Å². The Hall–Kier alpha value is -1.36. The van der Waals surface area contributed by atoms with Crippen LogP contribution in [-0.2, 0) is 0 Å². The van der Waals surface area contributed by atoms with Gasteiger partial charge in [-0.2, -0.15) is 4.98 Å². The molecule has 0 aliphatic carbocycles. The zero-order chi connectivity index (χ0) is 13.0. The molecular formula is C13H23N5. The van der Waals surface area contributed by atoms with Crippen LogP contribution in [0.1, 0.15) is 26.7 Å². The second-order valence-electron chi connectivity index (χ2n) is 5.24. The molecule has 1 aliphatic rings. The molecule has 3 N–H and O–H groups in total. The SMILES string of the molecule is CC(C)C(CNc1nccc(N)n1)N1CCCC1. The number of nitrogens with zero attached hydrogens (tertiary/aromatic N) is 3. The summed E-state index contributed by atoms with van der Waals surface area (Å²) in [6.07, 6.45) is 4.32. The summed E-state index contributed by atoms with van der Waals surface area (Å²) in [6.45, 7) is 7.83.